The molecule has 1 saturated carbocycles. The summed E-state index contributed by atoms with van der Waals surface area (Å²) >= 11 is 0. The molecule has 1 aliphatic rings. The Bertz CT molecular complexity index is 688. The molecule has 0 N–H and O–H groups in total. The van der Waals surface area contributed by atoms with Gasteiger partial charge in [-0.2, -0.15) is 0 Å². The predicted molar refractivity (Wildman–Crippen MR) is 115 cm³/mol. The number of hydrogen-bond acceptors (Lipinski definition) is 0. The van der Waals surface area contributed by atoms with Crippen LogP contribution in [-0.4, -0.2) is 0 Å². The van der Waals surface area contributed by atoms with Crippen molar-refractivity contribution in [3.05, 3.63) is 72.1 Å². The van der Waals surface area contributed by atoms with Crippen LogP contribution in [0.15, 0.2) is 60.9 Å². The number of allylic oxidation sites excluding steroid dienone is 1. The molecule has 0 saturated heterocycles. The summed E-state index contributed by atoms with van der Waals surface area (Å²) in [5, 5.41) is 0. The van der Waals surface area contributed by atoms with E-state index in [2.05, 4.69) is 55.5 Å². The molecule has 3 rings (SSSR count). The fraction of sp³-hybridized carbons (Fsp3) is 0.462. The zero-order valence-electron chi connectivity index (χ0n) is 16.7. The molecule has 0 spiro atoms. The number of rotatable bonds is 8. The van der Waals surface area contributed by atoms with Gasteiger partial charge >= 0.3 is 0 Å². The van der Waals surface area contributed by atoms with Gasteiger partial charge in [0.25, 0.3) is 0 Å². The smallest absolute Gasteiger partial charge is 0.0827 e. The fourth-order valence-electron chi connectivity index (χ4n) is 4.37. The maximum Gasteiger partial charge on any atom is 0.0827 e. The van der Waals surface area contributed by atoms with Crippen LogP contribution in [0.25, 0.3) is 11.1 Å². The molecule has 0 atom stereocenters. The third kappa shape index (κ3) is 5.79. The van der Waals surface area contributed by atoms with E-state index >= 15 is 0 Å². The van der Waals surface area contributed by atoms with Gasteiger partial charge in [-0.15, -0.1) is 0 Å². The monoisotopic (exact) mass is 364 g/mol. The Morgan fingerprint density at radius 2 is 1.48 bits per heavy atom. The average Bonchev–Trinajstić information content (AvgIpc) is 2.73. The third-order valence-corrected chi connectivity index (χ3v) is 6.14. The van der Waals surface area contributed by atoms with Gasteiger partial charge in [0, 0.05) is 0 Å². The molecule has 1 heteroatoms. The van der Waals surface area contributed by atoms with Crippen LogP contribution in [-0.2, 0) is 6.42 Å². The number of benzene rings is 2. The van der Waals surface area contributed by atoms with Crippen molar-refractivity contribution in [2.45, 2.75) is 70.6 Å². The maximum absolute atomic E-state index is 12.2. The second-order valence-electron chi connectivity index (χ2n) is 8.09. The van der Waals surface area contributed by atoms with Gasteiger partial charge in [0.1, 0.15) is 0 Å². The van der Waals surface area contributed by atoms with Crippen molar-refractivity contribution < 1.29 is 4.39 Å². The van der Waals surface area contributed by atoms with Gasteiger partial charge in [0.05, 0.1) is 6.33 Å². The molecular weight excluding hydrogens is 331 g/mol. The Morgan fingerprint density at radius 1 is 0.852 bits per heavy atom. The molecule has 1 fully saturated rings. The molecule has 2 aromatic rings. The summed E-state index contributed by atoms with van der Waals surface area (Å²) in [6.07, 6.45) is 13.2. The van der Waals surface area contributed by atoms with Gasteiger partial charge < -0.3 is 0 Å². The molecule has 0 unspecified atom stereocenters. The van der Waals surface area contributed by atoms with Gasteiger partial charge in [0.15, 0.2) is 0 Å². The normalized spacial score (nSPS) is 20.2. The minimum atomic E-state index is 0.670. The van der Waals surface area contributed by atoms with E-state index in [0.29, 0.717) is 18.2 Å². The van der Waals surface area contributed by atoms with Crippen molar-refractivity contribution in [2.24, 2.45) is 5.92 Å². The summed E-state index contributed by atoms with van der Waals surface area (Å²) in [7, 11) is 0. The highest BCUT2D eigenvalue weighted by Gasteiger charge is 2.21. The lowest BCUT2D eigenvalue weighted by atomic mass is 9.77. The summed E-state index contributed by atoms with van der Waals surface area (Å²) in [6.45, 7) is 2.25. The first-order chi connectivity index (χ1) is 13.3. The summed E-state index contributed by atoms with van der Waals surface area (Å²) in [4.78, 5) is 0. The molecule has 27 heavy (non-hydrogen) atoms. The maximum atomic E-state index is 12.2. The molecule has 2 aromatic carbocycles. The van der Waals surface area contributed by atoms with Crippen LogP contribution in [0.2, 0.25) is 0 Å². The van der Waals surface area contributed by atoms with Gasteiger partial charge in [-0.1, -0.05) is 74.4 Å². The van der Waals surface area contributed by atoms with Crippen LogP contribution in [0.5, 0.6) is 0 Å². The first-order valence-electron chi connectivity index (χ1n) is 10.7. The Kier molecular flexibility index (Phi) is 7.68. The lowest BCUT2D eigenvalue weighted by molar-refractivity contribution is 0.327. The molecule has 0 bridgehead atoms. The second kappa shape index (κ2) is 10.4. The number of hydrogen-bond donors (Lipinski definition) is 0. The molecule has 0 aliphatic heterocycles. The van der Waals surface area contributed by atoms with Gasteiger partial charge in [-0.05, 0) is 79.0 Å². The van der Waals surface area contributed by atoms with Crippen LogP contribution in [0.1, 0.15) is 75.3 Å². The van der Waals surface area contributed by atoms with E-state index in [1.54, 1.807) is 6.08 Å². The van der Waals surface area contributed by atoms with Crippen molar-refractivity contribution in [1.82, 2.24) is 0 Å². The van der Waals surface area contributed by atoms with Crippen molar-refractivity contribution >= 4 is 0 Å². The average molecular weight is 365 g/mol. The number of halogens is 1. The van der Waals surface area contributed by atoms with Crippen molar-refractivity contribution in [2.75, 3.05) is 0 Å². The lowest BCUT2D eigenvalue weighted by Crippen LogP contribution is -2.12. The number of aryl methyl sites for hydroxylation is 1. The van der Waals surface area contributed by atoms with Crippen molar-refractivity contribution in [1.29, 1.82) is 0 Å². The predicted octanol–water partition coefficient (Wildman–Crippen LogP) is 8.23. The highest BCUT2D eigenvalue weighted by molar-refractivity contribution is 5.64. The second-order valence-corrected chi connectivity index (χ2v) is 8.09. The van der Waals surface area contributed by atoms with Crippen LogP contribution in [0, 0.1) is 5.92 Å². The summed E-state index contributed by atoms with van der Waals surface area (Å²) in [5.41, 5.74) is 5.53. The SMILES string of the molecule is CCCCCc1ccc(-c2ccc([C@H]3CC[C@H](C/C=C/F)CC3)cc2)cc1. The van der Waals surface area contributed by atoms with E-state index in [-0.39, 0.29) is 0 Å². The first-order valence-corrected chi connectivity index (χ1v) is 10.7. The van der Waals surface area contributed by atoms with E-state index < -0.39 is 0 Å². The molecule has 144 valence electrons. The lowest BCUT2D eigenvalue weighted by Gasteiger charge is -2.28. The molecule has 0 heterocycles. The van der Waals surface area contributed by atoms with Crippen molar-refractivity contribution in [3.8, 4) is 11.1 Å². The van der Waals surface area contributed by atoms with E-state index in [9.17, 15) is 4.39 Å². The van der Waals surface area contributed by atoms with Crippen LogP contribution < -0.4 is 0 Å². The van der Waals surface area contributed by atoms with Crippen LogP contribution >= 0.6 is 0 Å². The van der Waals surface area contributed by atoms with Gasteiger partial charge in [-0.25, -0.2) is 4.39 Å². The molecular formula is C26H33F. The quantitative estimate of drug-likeness (QED) is 0.414. The van der Waals surface area contributed by atoms with Gasteiger partial charge in [-0.3, -0.25) is 0 Å². The Balaban J connectivity index is 1.56. The molecule has 0 radical (unpaired) electrons. The molecule has 0 aromatic heterocycles. The minimum absolute atomic E-state index is 0.670. The molecule has 1 aliphatic carbocycles. The van der Waals surface area contributed by atoms with Crippen LogP contribution in [0.3, 0.4) is 0 Å². The summed E-state index contributed by atoms with van der Waals surface area (Å²) in [6, 6.07) is 18.3. The largest absolute Gasteiger partial charge is 0.216 e. The summed E-state index contributed by atoms with van der Waals surface area (Å²) in [5.74, 6) is 1.34. The van der Waals surface area contributed by atoms with E-state index in [1.807, 2.05) is 0 Å². The highest BCUT2D eigenvalue weighted by Crippen LogP contribution is 2.37. The first kappa shape index (κ1) is 19.9. The molecule has 0 nitrogen and oxygen atoms in total. The third-order valence-electron chi connectivity index (χ3n) is 6.14. The Hall–Kier alpha value is -1.89. The van der Waals surface area contributed by atoms with Gasteiger partial charge in [0.2, 0.25) is 0 Å². The Morgan fingerprint density at radius 3 is 2.07 bits per heavy atom. The van der Waals surface area contributed by atoms with Crippen molar-refractivity contribution in [3.63, 3.8) is 0 Å². The van der Waals surface area contributed by atoms with Crippen LogP contribution in [0.4, 0.5) is 4.39 Å². The zero-order valence-corrected chi connectivity index (χ0v) is 16.7. The van der Waals surface area contributed by atoms with E-state index in [1.165, 1.54) is 73.6 Å². The minimum Gasteiger partial charge on any atom is -0.216 e. The number of unbranched alkanes of at least 4 members (excludes halogenated alkanes) is 2. The Labute approximate surface area is 164 Å². The zero-order chi connectivity index (χ0) is 18.9. The highest BCUT2D eigenvalue weighted by atomic mass is 19.1. The summed E-state index contributed by atoms with van der Waals surface area (Å²) < 4.78 is 12.2. The molecule has 0 amide bonds. The standard InChI is InChI=1S/C26H33F/c1-2-3-4-6-21-8-12-23(13-9-21)25-16-18-26(19-17-25)24-14-10-22(11-15-24)7-5-20-27/h5,8-9,12-13,16-20,22,24H,2-4,6-7,10-11,14-15H2,1H3/b20-5+/t22-,24-. The topological polar surface area (TPSA) is 0 Å². The van der Waals surface area contributed by atoms with E-state index in [4.69, 9.17) is 0 Å². The van der Waals surface area contributed by atoms with E-state index in [0.717, 1.165) is 6.42 Å². The fourth-order valence-corrected chi connectivity index (χ4v) is 4.37.